The summed E-state index contributed by atoms with van der Waals surface area (Å²) in [5, 5.41) is 0.957. The third kappa shape index (κ3) is 2.83. The van der Waals surface area contributed by atoms with E-state index in [0.717, 1.165) is 40.8 Å². The highest BCUT2D eigenvalue weighted by atomic mass is 16.5. The predicted octanol–water partition coefficient (Wildman–Crippen LogP) is 2.99. The van der Waals surface area contributed by atoms with Gasteiger partial charge >= 0.3 is 5.63 Å². The van der Waals surface area contributed by atoms with E-state index in [1.54, 1.807) is 6.07 Å². The lowest BCUT2D eigenvalue weighted by atomic mass is 9.99. The first-order chi connectivity index (χ1) is 12.2. The van der Waals surface area contributed by atoms with Gasteiger partial charge in [-0.15, -0.1) is 0 Å². The number of quaternary nitrogens is 1. The Hall–Kier alpha value is -2.59. The van der Waals surface area contributed by atoms with Gasteiger partial charge in [0.25, 0.3) is 0 Å². The van der Waals surface area contributed by atoms with Gasteiger partial charge < -0.3 is 9.15 Å². The SMILES string of the molecule is CC[C@@H](C)[NH+]1COc2ccc3c(-c4ccccc4)cc(=O)oc3c2C1. The highest BCUT2D eigenvalue weighted by Gasteiger charge is 2.27. The lowest BCUT2D eigenvalue weighted by Gasteiger charge is -2.30. The molecule has 1 N–H and O–H groups in total. The van der Waals surface area contributed by atoms with Crippen molar-refractivity contribution in [2.45, 2.75) is 32.9 Å². The number of hydrogen-bond acceptors (Lipinski definition) is 3. The number of rotatable bonds is 3. The van der Waals surface area contributed by atoms with Crippen LogP contribution in [0.4, 0.5) is 0 Å². The molecular weight excluding hydrogens is 314 g/mol. The Morgan fingerprint density at radius 1 is 1.16 bits per heavy atom. The molecule has 0 saturated carbocycles. The van der Waals surface area contributed by atoms with Crippen molar-refractivity contribution < 1.29 is 14.1 Å². The van der Waals surface area contributed by atoms with Crippen LogP contribution in [0.3, 0.4) is 0 Å². The monoisotopic (exact) mass is 336 g/mol. The second-order valence-electron chi connectivity index (χ2n) is 6.70. The molecule has 0 spiro atoms. The lowest BCUT2D eigenvalue weighted by molar-refractivity contribution is -0.954. The maximum absolute atomic E-state index is 12.2. The Kier molecular flexibility index (Phi) is 4.06. The van der Waals surface area contributed by atoms with Crippen LogP contribution >= 0.6 is 0 Å². The lowest BCUT2D eigenvalue weighted by Crippen LogP contribution is -3.15. The molecule has 0 aliphatic carbocycles. The number of nitrogens with one attached hydrogen (secondary N) is 1. The Labute approximate surface area is 146 Å². The molecule has 0 fully saturated rings. The first-order valence-corrected chi connectivity index (χ1v) is 8.80. The number of benzene rings is 2. The van der Waals surface area contributed by atoms with E-state index >= 15 is 0 Å². The van der Waals surface area contributed by atoms with Crippen LogP contribution in [-0.2, 0) is 6.54 Å². The van der Waals surface area contributed by atoms with E-state index in [2.05, 4.69) is 13.8 Å². The molecule has 2 aromatic carbocycles. The zero-order chi connectivity index (χ0) is 17.4. The van der Waals surface area contributed by atoms with E-state index in [1.807, 2.05) is 42.5 Å². The molecule has 3 aromatic rings. The zero-order valence-electron chi connectivity index (χ0n) is 14.5. The van der Waals surface area contributed by atoms with Crippen LogP contribution in [0.25, 0.3) is 22.1 Å². The molecule has 4 heteroatoms. The van der Waals surface area contributed by atoms with E-state index < -0.39 is 0 Å². The van der Waals surface area contributed by atoms with Crippen LogP contribution in [0.1, 0.15) is 25.8 Å². The molecule has 0 saturated heterocycles. The van der Waals surface area contributed by atoms with Gasteiger partial charge in [0.1, 0.15) is 12.3 Å². The normalized spacial score (nSPS) is 17.8. The molecule has 128 valence electrons. The van der Waals surface area contributed by atoms with E-state index in [9.17, 15) is 4.79 Å². The van der Waals surface area contributed by atoms with Gasteiger partial charge in [-0.25, -0.2) is 4.79 Å². The van der Waals surface area contributed by atoms with Crippen LogP contribution in [0.2, 0.25) is 0 Å². The van der Waals surface area contributed by atoms with Crippen molar-refractivity contribution in [1.29, 1.82) is 0 Å². The van der Waals surface area contributed by atoms with E-state index in [-0.39, 0.29) is 5.63 Å². The first-order valence-electron chi connectivity index (χ1n) is 8.80. The third-order valence-electron chi connectivity index (χ3n) is 5.18. The molecule has 4 nitrogen and oxygen atoms in total. The Balaban J connectivity index is 1.91. The maximum atomic E-state index is 12.2. The fraction of sp³-hybridized carbons (Fsp3) is 0.286. The van der Waals surface area contributed by atoms with Gasteiger partial charge in [-0.2, -0.15) is 0 Å². The number of ether oxygens (including phenoxy) is 1. The molecule has 1 aliphatic rings. The van der Waals surface area contributed by atoms with Crippen molar-refractivity contribution in [2.24, 2.45) is 0 Å². The average molecular weight is 336 g/mol. The summed E-state index contributed by atoms with van der Waals surface area (Å²) in [5.74, 6) is 0.827. The van der Waals surface area contributed by atoms with Gasteiger partial charge in [-0.05, 0) is 36.6 Å². The first kappa shape index (κ1) is 15.9. The molecule has 1 aliphatic heterocycles. The van der Waals surface area contributed by atoms with Crippen molar-refractivity contribution in [2.75, 3.05) is 6.73 Å². The molecule has 4 rings (SSSR count). The van der Waals surface area contributed by atoms with E-state index in [0.29, 0.717) is 18.4 Å². The van der Waals surface area contributed by atoms with Crippen LogP contribution in [0.15, 0.2) is 57.7 Å². The van der Waals surface area contributed by atoms with Crippen molar-refractivity contribution in [1.82, 2.24) is 0 Å². The van der Waals surface area contributed by atoms with Crippen LogP contribution < -0.4 is 15.3 Å². The summed E-state index contributed by atoms with van der Waals surface area (Å²) >= 11 is 0. The summed E-state index contributed by atoms with van der Waals surface area (Å²) in [5.41, 5.74) is 3.25. The molecule has 1 aromatic heterocycles. The summed E-state index contributed by atoms with van der Waals surface area (Å²) in [7, 11) is 0. The standard InChI is InChI=1S/C21H21NO3/c1-3-14(2)22-12-18-19(24-13-22)10-9-16-17(11-20(23)25-21(16)18)15-7-5-4-6-8-15/h4-11,14H,3,12-13H2,1-2H3/p+1/t14-/m1/s1. The van der Waals surface area contributed by atoms with Gasteiger partial charge in [0.05, 0.1) is 11.6 Å². The topological polar surface area (TPSA) is 43.9 Å². The molecule has 0 amide bonds. The largest absolute Gasteiger partial charge is 0.445 e. The van der Waals surface area contributed by atoms with E-state index in [4.69, 9.17) is 9.15 Å². The molecule has 25 heavy (non-hydrogen) atoms. The Morgan fingerprint density at radius 2 is 1.96 bits per heavy atom. The van der Waals surface area contributed by atoms with Crippen LogP contribution in [0.5, 0.6) is 5.75 Å². The molecule has 1 unspecified atom stereocenters. The highest BCUT2D eigenvalue weighted by molar-refractivity contribution is 5.95. The Morgan fingerprint density at radius 3 is 2.72 bits per heavy atom. The molecule has 0 radical (unpaired) electrons. The quantitative estimate of drug-likeness (QED) is 0.748. The fourth-order valence-corrected chi connectivity index (χ4v) is 3.48. The number of fused-ring (bicyclic) bond motifs is 3. The summed E-state index contributed by atoms with van der Waals surface area (Å²) in [6.45, 7) is 5.86. The average Bonchev–Trinajstić information content (AvgIpc) is 2.67. The summed E-state index contributed by atoms with van der Waals surface area (Å²) < 4.78 is 11.6. The minimum Gasteiger partial charge on any atom is -0.445 e. The van der Waals surface area contributed by atoms with Crippen molar-refractivity contribution in [3.05, 3.63) is 64.5 Å². The third-order valence-corrected chi connectivity index (χ3v) is 5.18. The minimum absolute atomic E-state index is 0.324. The van der Waals surface area contributed by atoms with Crippen LogP contribution in [0, 0.1) is 0 Å². The van der Waals surface area contributed by atoms with Gasteiger partial charge in [-0.1, -0.05) is 37.3 Å². The zero-order valence-corrected chi connectivity index (χ0v) is 14.5. The molecule has 2 atom stereocenters. The number of hydrogen-bond donors (Lipinski definition) is 1. The van der Waals surface area contributed by atoms with Crippen molar-refractivity contribution in [3.63, 3.8) is 0 Å². The highest BCUT2D eigenvalue weighted by Crippen LogP contribution is 2.33. The van der Waals surface area contributed by atoms with Gasteiger partial charge in [0.2, 0.25) is 6.73 Å². The molecular formula is C21H22NO3+. The minimum atomic E-state index is -0.324. The van der Waals surface area contributed by atoms with Gasteiger partial charge in [0.15, 0.2) is 5.58 Å². The van der Waals surface area contributed by atoms with Crippen molar-refractivity contribution >= 4 is 11.0 Å². The van der Waals surface area contributed by atoms with Gasteiger partial charge in [0, 0.05) is 11.5 Å². The second-order valence-corrected chi connectivity index (χ2v) is 6.70. The van der Waals surface area contributed by atoms with Gasteiger partial charge in [-0.3, -0.25) is 4.90 Å². The van der Waals surface area contributed by atoms with Crippen LogP contribution in [-0.4, -0.2) is 12.8 Å². The predicted molar refractivity (Wildman–Crippen MR) is 97.8 cm³/mol. The smallest absolute Gasteiger partial charge is 0.336 e. The van der Waals surface area contributed by atoms with Crippen molar-refractivity contribution in [3.8, 4) is 16.9 Å². The molecule has 0 bridgehead atoms. The second kappa shape index (κ2) is 6.37. The van der Waals surface area contributed by atoms with E-state index in [1.165, 1.54) is 4.90 Å². The summed E-state index contributed by atoms with van der Waals surface area (Å²) in [6, 6.07) is 16.0. The summed E-state index contributed by atoms with van der Waals surface area (Å²) in [4.78, 5) is 13.6. The maximum Gasteiger partial charge on any atom is 0.336 e. The summed E-state index contributed by atoms with van der Waals surface area (Å²) in [6.07, 6.45) is 1.08. The Bertz CT molecular complexity index is 962. The fourth-order valence-electron chi connectivity index (χ4n) is 3.48. The molecule has 2 heterocycles.